The molecule has 0 atom stereocenters. The van der Waals surface area contributed by atoms with Gasteiger partial charge in [0, 0.05) is 5.56 Å². The Morgan fingerprint density at radius 1 is 1.17 bits per heavy atom. The predicted octanol–water partition coefficient (Wildman–Crippen LogP) is 3.47. The van der Waals surface area contributed by atoms with E-state index in [-0.39, 0.29) is 0 Å². The molecule has 88 valence electrons. The number of nitriles is 1. The molecule has 2 aromatic carbocycles. The lowest BCUT2D eigenvalue weighted by Crippen LogP contribution is -1.89. The van der Waals surface area contributed by atoms with E-state index in [9.17, 15) is 4.79 Å². The minimum absolute atomic E-state index is 0.593. The molecular weight excluding hydrogens is 226 g/mol. The quantitative estimate of drug-likeness (QED) is 0.768. The van der Waals surface area contributed by atoms with Gasteiger partial charge in [-0.3, -0.25) is 4.79 Å². The van der Waals surface area contributed by atoms with Crippen LogP contribution in [-0.2, 0) is 0 Å². The van der Waals surface area contributed by atoms with Gasteiger partial charge >= 0.3 is 0 Å². The van der Waals surface area contributed by atoms with Gasteiger partial charge in [0.15, 0.2) is 0 Å². The second-order valence-corrected chi connectivity index (χ2v) is 3.88. The minimum Gasteiger partial charge on any atom is -0.457 e. The van der Waals surface area contributed by atoms with E-state index in [2.05, 4.69) is 6.07 Å². The third-order valence-electron chi connectivity index (χ3n) is 2.55. The van der Waals surface area contributed by atoms with E-state index in [0.717, 1.165) is 11.8 Å². The molecule has 3 nitrogen and oxygen atoms in total. The number of aldehydes is 1. The molecule has 0 radical (unpaired) electrons. The van der Waals surface area contributed by atoms with E-state index in [1.807, 2.05) is 6.92 Å². The summed E-state index contributed by atoms with van der Waals surface area (Å²) in [4.78, 5) is 10.6. The van der Waals surface area contributed by atoms with Gasteiger partial charge in [-0.2, -0.15) is 5.26 Å². The van der Waals surface area contributed by atoms with Crippen LogP contribution >= 0.6 is 0 Å². The average molecular weight is 237 g/mol. The van der Waals surface area contributed by atoms with Crippen molar-refractivity contribution in [1.29, 1.82) is 5.26 Å². The Balaban J connectivity index is 2.23. The van der Waals surface area contributed by atoms with Crippen molar-refractivity contribution in [3.05, 3.63) is 59.2 Å². The summed E-state index contributed by atoms with van der Waals surface area (Å²) in [5, 5.41) is 8.70. The zero-order valence-corrected chi connectivity index (χ0v) is 9.88. The normalized spacial score (nSPS) is 9.56. The highest BCUT2D eigenvalue weighted by molar-refractivity contribution is 5.75. The van der Waals surface area contributed by atoms with E-state index < -0.39 is 0 Å². The molecule has 0 aromatic heterocycles. The molecule has 0 unspecified atom stereocenters. The number of aryl methyl sites for hydroxylation is 1. The summed E-state index contributed by atoms with van der Waals surface area (Å²) in [5.74, 6) is 1.36. The number of carbonyl (C=O) groups excluding carboxylic acids is 1. The lowest BCUT2D eigenvalue weighted by Gasteiger charge is -2.08. The van der Waals surface area contributed by atoms with Crippen LogP contribution in [0.4, 0.5) is 0 Å². The molecule has 0 fully saturated rings. The zero-order chi connectivity index (χ0) is 13.0. The Hall–Kier alpha value is -2.60. The van der Waals surface area contributed by atoms with Crippen molar-refractivity contribution in [2.24, 2.45) is 0 Å². The summed E-state index contributed by atoms with van der Waals surface area (Å²) in [6.45, 7) is 1.88. The molecule has 0 spiro atoms. The molecule has 0 aliphatic heterocycles. The Morgan fingerprint density at radius 3 is 2.44 bits per heavy atom. The van der Waals surface area contributed by atoms with Crippen LogP contribution in [0.5, 0.6) is 11.5 Å². The monoisotopic (exact) mass is 237 g/mol. The first-order valence-electron chi connectivity index (χ1n) is 5.47. The molecule has 0 saturated heterocycles. The van der Waals surface area contributed by atoms with Crippen molar-refractivity contribution < 1.29 is 9.53 Å². The molecule has 18 heavy (non-hydrogen) atoms. The first kappa shape index (κ1) is 11.9. The summed E-state index contributed by atoms with van der Waals surface area (Å²) in [6, 6.07) is 14.2. The van der Waals surface area contributed by atoms with Gasteiger partial charge in [-0.15, -0.1) is 0 Å². The van der Waals surface area contributed by atoms with Crippen LogP contribution in [-0.4, -0.2) is 6.29 Å². The van der Waals surface area contributed by atoms with Gasteiger partial charge in [-0.1, -0.05) is 0 Å². The van der Waals surface area contributed by atoms with Crippen molar-refractivity contribution in [2.75, 3.05) is 0 Å². The molecule has 0 N–H and O–H groups in total. The van der Waals surface area contributed by atoms with E-state index in [1.165, 1.54) is 0 Å². The summed E-state index contributed by atoms with van der Waals surface area (Å²) < 4.78 is 5.68. The summed E-state index contributed by atoms with van der Waals surface area (Å²) >= 11 is 0. The van der Waals surface area contributed by atoms with Crippen LogP contribution in [0.1, 0.15) is 21.5 Å². The molecular formula is C15H11NO2. The average Bonchev–Trinajstić information content (AvgIpc) is 2.42. The topological polar surface area (TPSA) is 50.1 Å². The number of nitrogens with zero attached hydrogens (tertiary/aromatic N) is 1. The molecule has 0 aliphatic carbocycles. The summed E-state index contributed by atoms with van der Waals surface area (Å²) in [5.41, 5.74) is 2.11. The fraction of sp³-hybridized carbons (Fsp3) is 0.0667. The van der Waals surface area contributed by atoms with Gasteiger partial charge in [0.25, 0.3) is 0 Å². The SMILES string of the molecule is Cc1cc(C=O)ccc1Oc1ccc(C#N)cc1. The first-order valence-corrected chi connectivity index (χ1v) is 5.47. The van der Waals surface area contributed by atoms with E-state index in [4.69, 9.17) is 10.00 Å². The maximum absolute atomic E-state index is 10.6. The van der Waals surface area contributed by atoms with Crippen LogP contribution in [0.3, 0.4) is 0 Å². The van der Waals surface area contributed by atoms with Crippen LogP contribution in [0.2, 0.25) is 0 Å². The molecule has 0 amide bonds. The highest BCUT2D eigenvalue weighted by Gasteiger charge is 2.02. The van der Waals surface area contributed by atoms with Crippen LogP contribution in [0.25, 0.3) is 0 Å². The zero-order valence-electron chi connectivity index (χ0n) is 9.88. The lowest BCUT2D eigenvalue weighted by molar-refractivity contribution is 0.112. The Morgan fingerprint density at radius 2 is 1.89 bits per heavy atom. The molecule has 0 saturated carbocycles. The van der Waals surface area contributed by atoms with Crippen molar-refractivity contribution in [3.63, 3.8) is 0 Å². The van der Waals surface area contributed by atoms with E-state index in [1.54, 1.807) is 42.5 Å². The van der Waals surface area contributed by atoms with Crippen LogP contribution < -0.4 is 4.74 Å². The third kappa shape index (κ3) is 2.55. The van der Waals surface area contributed by atoms with Crippen molar-refractivity contribution in [1.82, 2.24) is 0 Å². The van der Waals surface area contributed by atoms with E-state index in [0.29, 0.717) is 22.6 Å². The molecule has 0 aliphatic rings. The number of hydrogen-bond donors (Lipinski definition) is 0. The number of carbonyl (C=O) groups is 1. The van der Waals surface area contributed by atoms with Crippen molar-refractivity contribution in [2.45, 2.75) is 6.92 Å². The molecule has 2 aromatic rings. The second-order valence-electron chi connectivity index (χ2n) is 3.88. The van der Waals surface area contributed by atoms with Crippen molar-refractivity contribution >= 4 is 6.29 Å². The molecule has 3 heteroatoms. The molecule has 2 rings (SSSR count). The van der Waals surface area contributed by atoms with Gasteiger partial charge in [-0.05, 0) is 55.0 Å². The van der Waals surface area contributed by atoms with E-state index >= 15 is 0 Å². The van der Waals surface area contributed by atoms with Crippen LogP contribution in [0.15, 0.2) is 42.5 Å². The highest BCUT2D eigenvalue weighted by Crippen LogP contribution is 2.25. The Kier molecular flexibility index (Phi) is 3.40. The molecule has 0 heterocycles. The number of benzene rings is 2. The third-order valence-corrected chi connectivity index (χ3v) is 2.55. The standard InChI is InChI=1S/C15H11NO2/c1-11-8-13(10-17)4-7-15(11)18-14-5-2-12(9-16)3-6-14/h2-8,10H,1H3. The number of rotatable bonds is 3. The Bertz CT molecular complexity index is 609. The highest BCUT2D eigenvalue weighted by atomic mass is 16.5. The maximum atomic E-state index is 10.6. The molecule has 0 bridgehead atoms. The van der Waals surface area contributed by atoms with Gasteiger partial charge < -0.3 is 4.74 Å². The number of ether oxygens (including phenoxy) is 1. The number of hydrogen-bond acceptors (Lipinski definition) is 3. The second kappa shape index (κ2) is 5.15. The summed E-state index contributed by atoms with van der Waals surface area (Å²) in [7, 11) is 0. The van der Waals surface area contributed by atoms with Gasteiger partial charge in [0.2, 0.25) is 0 Å². The van der Waals surface area contributed by atoms with Gasteiger partial charge in [0.1, 0.15) is 17.8 Å². The van der Waals surface area contributed by atoms with Crippen molar-refractivity contribution in [3.8, 4) is 17.6 Å². The first-order chi connectivity index (χ1) is 8.72. The van der Waals surface area contributed by atoms with Gasteiger partial charge in [0.05, 0.1) is 11.6 Å². The maximum Gasteiger partial charge on any atom is 0.150 e. The van der Waals surface area contributed by atoms with Gasteiger partial charge in [-0.25, -0.2) is 0 Å². The minimum atomic E-state index is 0.593. The predicted molar refractivity (Wildman–Crippen MR) is 67.8 cm³/mol. The lowest BCUT2D eigenvalue weighted by atomic mass is 10.1. The summed E-state index contributed by atoms with van der Waals surface area (Å²) in [6.07, 6.45) is 0.804. The largest absolute Gasteiger partial charge is 0.457 e. The fourth-order valence-corrected chi connectivity index (χ4v) is 1.58. The Labute approximate surface area is 105 Å². The smallest absolute Gasteiger partial charge is 0.150 e. The van der Waals surface area contributed by atoms with Crippen LogP contribution in [0, 0.1) is 18.3 Å². The fourth-order valence-electron chi connectivity index (χ4n) is 1.58.